The number of nitrogens with zero attached hydrogens (tertiary/aromatic N) is 1. The summed E-state index contributed by atoms with van der Waals surface area (Å²) in [6, 6.07) is 11.1. The van der Waals surface area contributed by atoms with Gasteiger partial charge in [0.2, 0.25) is 0 Å². The number of hydrogen-bond donors (Lipinski definition) is 1. The average Bonchev–Trinajstić information content (AvgIpc) is 2.47. The van der Waals surface area contributed by atoms with E-state index in [1.807, 2.05) is 12.3 Å². The fourth-order valence-electron chi connectivity index (χ4n) is 1.75. The molecule has 0 aliphatic rings. The van der Waals surface area contributed by atoms with Crippen molar-refractivity contribution in [3.05, 3.63) is 63.2 Å². The summed E-state index contributed by atoms with van der Waals surface area (Å²) in [7, 11) is 0. The second-order valence-corrected chi connectivity index (χ2v) is 5.42. The largest absolute Gasteiger partial charge is 0.322 e. The van der Waals surface area contributed by atoms with Gasteiger partial charge in [0.25, 0.3) is 11.6 Å². The third kappa shape index (κ3) is 3.74. The van der Waals surface area contributed by atoms with Crippen LogP contribution < -0.4 is 5.32 Å². The molecule has 108 valence electrons. The van der Waals surface area contributed by atoms with Crippen LogP contribution in [-0.2, 0) is 0 Å². The summed E-state index contributed by atoms with van der Waals surface area (Å²) in [4.78, 5) is 23.6. The van der Waals surface area contributed by atoms with Crippen LogP contribution in [0.3, 0.4) is 0 Å². The Balaban J connectivity index is 2.31. The fourth-order valence-corrected chi connectivity index (χ4v) is 2.38. The highest BCUT2D eigenvalue weighted by Crippen LogP contribution is 2.25. The molecular formula is C14H11ClN2O3S. The number of thioether (sulfide) groups is 1. The third-order valence-corrected chi connectivity index (χ3v) is 3.69. The summed E-state index contributed by atoms with van der Waals surface area (Å²) in [5, 5.41) is 13.9. The van der Waals surface area contributed by atoms with E-state index < -0.39 is 10.8 Å². The highest BCUT2D eigenvalue weighted by Gasteiger charge is 2.20. The van der Waals surface area contributed by atoms with Crippen molar-refractivity contribution >= 4 is 40.6 Å². The number of carbonyl (C=O) groups is 1. The summed E-state index contributed by atoms with van der Waals surface area (Å²) in [5.41, 5.74) is 0.223. The zero-order valence-corrected chi connectivity index (χ0v) is 12.6. The smallest absolute Gasteiger partial charge is 0.282 e. The van der Waals surface area contributed by atoms with E-state index in [1.165, 1.54) is 30.0 Å². The van der Waals surface area contributed by atoms with Gasteiger partial charge in [-0.3, -0.25) is 14.9 Å². The number of nitrogens with one attached hydrogen (secondary N) is 1. The Kier molecular flexibility index (Phi) is 4.82. The summed E-state index contributed by atoms with van der Waals surface area (Å²) >= 11 is 7.35. The number of anilines is 1. The van der Waals surface area contributed by atoms with Gasteiger partial charge in [-0.05, 0) is 36.6 Å². The minimum atomic E-state index is -0.608. The Morgan fingerprint density at radius 3 is 2.71 bits per heavy atom. The molecule has 0 bridgehead atoms. The van der Waals surface area contributed by atoms with Gasteiger partial charge in [0.05, 0.1) is 4.92 Å². The van der Waals surface area contributed by atoms with E-state index in [1.54, 1.807) is 18.2 Å². The highest BCUT2D eigenvalue weighted by atomic mass is 35.5. The number of rotatable bonds is 4. The molecule has 2 rings (SSSR count). The molecule has 7 heteroatoms. The maximum Gasteiger partial charge on any atom is 0.282 e. The van der Waals surface area contributed by atoms with Crippen molar-refractivity contribution in [3.8, 4) is 0 Å². The molecular weight excluding hydrogens is 312 g/mol. The minimum absolute atomic E-state index is 0.0675. The summed E-state index contributed by atoms with van der Waals surface area (Å²) < 4.78 is 0. The van der Waals surface area contributed by atoms with Crippen LogP contribution in [0, 0.1) is 10.1 Å². The van der Waals surface area contributed by atoms with Crippen LogP contribution in [0.2, 0.25) is 5.02 Å². The Labute approximate surface area is 130 Å². The molecule has 0 heterocycles. The molecule has 5 nitrogen and oxygen atoms in total. The minimum Gasteiger partial charge on any atom is -0.322 e. The van der Waals surface area contributed by atoms with Crippen molar-refractivity contribution in [1.82, 2.24) is 0 Å². The lowest BCUT2D eigenvalue weighted by molar-refractivity contribution is -0.385. The molecule has 0 atom stereocenters. The molecule has 0 aliphatic carbocycles. The Morgan fingerprint density at radius 1 is 1.29 bits per heavy atom. The van der Waals surface area contributed by atoms with Crippen LogP contribution in [0.25, 0.3) is 0 Å². The second kappa shape index (κ2) is 6.60. The number of carbonyl (C=O) groups excluding carboxylic acids is 1. The van der Waals surface area contributed by atoms with Crippen LogP contribution in [0.5, 0.6) is 0 Å². The lowest BCUT2D eigenvalue weighted by atomic mass is 10.1. The van der Waals surface area contributed by atoms with Gasteiger partial charge in [0.1, 0.15) is 5.56 Å². The number of halogens is 1. The Bertz CT molecular complexity index is 706. The maximum absolute atomic E-state index is 12.2. The fraction of sp³-hybridized carbons (Fsp3) is 0.0714. The molecule has 2 aromatic carbocycles. The van der Waals surface area contributed by atoms with Crippen molar-refractivity contribution in [2.75, 3.05) is 11.6 Å². The van der Waals surface area contributed by atoms with E-state index in [9.17, 15) is 14.9 Å². The normalized spacial score (nSPS) is 10.2. The quantitative estimate of drug-likeness (QED) is 0.519. The van der Waals surface area contributed by atoms with E-state index in [0.717, 1.165) is 4.90 Å². The van der Waals surface area contributed by atoms with E-state index in [4.69, 9.17) is 11.6 Å². The molecule has 0 fully saturated rings. The van der Waals surface area contributed by atoms with Crippen LogP contribution in [0.1, 0.15) is 10.4 Å². The van der Waals surface area contributed by atoms with Gasteiger partial charge in [-0.2, -0.15) is 0 Å². The standard InChI is InChI=1S/C14H11ClN2O3S/c1-21-11-4-2-3-10(8-11)16-14(18)12-7-9(15)5-6-13(12)17(19)20/h2-8H,1H3,(H,16,18). The van der Waals surface area contributed by atoms with Crippen molar-refractivity contribution in [2.45, 2.75) is 4.90 Å². The molecule has 0 aliphatic heterocycles. The van der Waals surface area contributed by atoms with Crippen LogP contribution in [0.4, 0.5) is 11.4 Å². The first-order chi connectivity index (χ1) is 10.0. The van der Waals surface area contributed by atoms with E-state index in [2.05, 4.69) is 5.32 Å². The zero-order valence-electron chi connectivity index (χ0n) is 11.0. The van der Waals surface area contributed by atoms with Crippen LogP contribution in [-0.4, -0.2) is 17.1 Å². The maximum atomic E-state index is 12.2. The molecule has 1 amide bonds. The number of nitro benzene ring substituents is 1. The van der Waals surface area contributed by atoms with Crippen LogP contribution >= 0.6 is 23.4 Å². The Hall–Kier alpha value is -2.05. The lowest BCUT2D eigenvalue weighted by Crippen LogP contribution is -2.14. The van der Waals surface area contributed by atoms with Gasteiger partial charge < -0.3 is 5.32 Å². The molecule has 0 unspecified atom stereocenters. The number of amides is 1. The first-order valence-corrected chi connectivity index (χ1v) is 7.51. The molecule has 0 radical (unpaired) electrons. The number of benzene rings is 2. The SMILES string of the molecule is CSc1cccc(NC(=O)c2cc(Cl)ccc2[N+](=O)[O-])c1. The first kappa shape index (κ1) is 15.3. The summed E-state index contributed by atoms with van der Waals surface area (Å²) in [5.74, 6) is -0.567. The second-order valence-electron chi connectivity index (χ2n) is 4.10. The monoisotopic (exact) mass is 322 g/mol. The lowest BCUT2D eigenvalue weighted by Gasteiger charge is -2.07. The van der Waals surface area contributed by atoms with Crippen molar-refractivity contribution in [3.63, 3.8) is 0 Å². The summed E-state index contributed by atoms with van der Waals surface area (Å²) in [6.45, 7) is 0. The topological polar surface area (TPSA) is 72.2 Å². The van der Waals surface area contributed by atoms with Gasteiger partial charge in [0, 0.05) is 21.7 Å². The Morgan fingerprint density at radius 2 is 2.05 bits per heavy atom. The van der Waals surface area contributed by atoms with Crippen LogP contribution in [0.15, 0.2) is 47.4 Å². The molecule has 0 aromatic heterocycles. The zero-order chi connectivity index (χ0) is 15.4. The first-order valence-electron chi connectivity index (χ1n) is 5.90. The molecule has 1 N–H and O–H groups in total. The van der Waals surface area contributed by atoms with E-state index in [-0.39, 0.29) is 16.3 Å². The van der Waals surface area contributed by atoms with Crippen molar-refractivity contribution < 1.29 is 9.72 Å². The molecule has 0 saturated carbocycles. The van der Waals surface area contributed by atoms with E-state index >= 15 is 0 Å². The third-order valence-electron chi connectivity index (χ3n) is 2.73. The van der Waals surface area contributed by atoms with Gasteiger partial charge >= 0.3 is 0 Å². The average molecular weight is 323 g/mol. The molecule has 2 aromatic rings. The van der Waals surface area contributed by atoms with Gasteiger partial charge in [-0.1, -0.05) is 17.7 Å². The number of nitro groups is 1. The van der Waals surface area contributed by atoms with Gasteiger partial charge in [-0.25, -0.2) is 0 Å². The van der Waals surface area contributed by atoms with E-state index in [0.29, 0.717) is 5.69 Å². The van der Waals surface area contributed by atoms with Gasteiger partial charge in [0.15, 0.2) is 0 Å². The molecule has 21 heavy (non-hydrogen) atoms. The van der Waals surface area contributed by atoms with Crippen molar-refractivity contribution in [2.24, 2.45) is 0 Å². The molecule has 0 saturated heterocycles. The highest BCUT2D eigenvalue weighted by molar-refractivity contribution is 7.98. The van der Waals surface area contributed by atoms with Crippen molar-refractivity contribution in [1.29, 1.82) is 0 Å². The predicted octanol–water partition coefficient (Wildman–Crippen LogP) is 4.22. The predicted molar refractivity (Wildman–Crippen MR) is 84.3 cm³/mol. The summed E-state index contributed by atoms with van der Waals surface area (Å²) in [6.07, 6.45) is 1.92. The molecule has 0 spiro atoms. The number of hydrogen-bond acceptors (Lipinski definition) is 4. The van der Waals surface area contributed by atoms with Gasteiger partial charge in [-0.15, -0.1) is 11.8 Å².